The molecule has 0 fully saturated rings. The fourth-order valence-electron chi connectivity index (χ4n) is 0.950. The van der Waals surface area contributed by atoms with E-state index in [0.717, 1.165) is 6.07 Å². The molecule has 1 rings (SSSR count). The third-order valence-corrected chi connectivity index (χ3v) is 2.39. The Labute approximate surface area is 88.0 Å². The van der Waals surface area contributed by atoms with Gasteiger partial charge in [-0.15, -0.1) is 0 Å². The van der Waals surface area contributed by atoms with Gasteiger partial charge in [-0.2, -0.15) is 0 Å². The monoisotopic (exact) mass is 264 g/mol. The number of hydrogen-bond acceptors (Lipinski definition) is 2. The van der Waals surface area contributed by atoms with Gasteiger partial charge in [-0.3, -0.25) is 4.79 Å². The number of Topliss-reactive ketones (excluding diaryl/α,β-unsaturated/α-hetero) is 1. The van der Waals surface area contributed by atoms with Crippen molar-refractivity contribution in [3.8, 4) is 0 Å². The smallest absolute Gasteiger partial charge is 0.189 e. The summed E-state index contributed by atoms with van der Waals surface area (Å²) in [4.78, 5) is 11.3. The zero-order chi connectivity index (χ0) is 10.7. The van der Waals surface area contributed by atoms with E-state index >= 15 is 0 Å². The van der Waals surface area contributed by atoms with E-state index in [2.05, 4.69) is 20.7 Å². The standard InChI is InChI=1S/C9H7BrF2O2/c1-14-4-7(13)5-2-3-6(11)9(12)8(5)10/h2-3H,4H2,1H3. The largest absolute Gasteiger partial charge is 0.377 e. The Morgan fingerprint density at radius 2 is 2.14 bits per heavy atom. The maximum Gasteiger partial charge on any atom is 0.189 e. The molecule has 5 heteroatoms. The molecule has 0 aromatic heterocycles. The zero-order valence-electron chi connectivity index (χ0n) is 7.31. The van der Waals surface area contributed by atoms with Gasteiger partial charge in [0.25, 0.3) is 0 Å². The minimum absolute atomic E-state index is 0.0748. The lowest BCUT2D eigenvalue weighted by atomic mass is 10.1. The molecule has 0 bridgehead atoms. The van der Waals surface area contributed by atoms with Crippen LogP contribution in [0.2, 0.25) is 0 Å². The number of ketones is 1. The average molecular weight is 265 g/mol. The Balaban J connectivity index is 3.11. The van der Waals surface area contributed by atoms with Crippen molar-refractivity contribution in [1.82, 2.24) is 0 Å². The van der Waals surface area contributed by atoms with Crippen molar-refractivity contribution in [2.75, 3.05) is 13.7 Å². The molecule has 14 heavy (non-hydrogen) atoms. The van der Waals surface area contributed by atoms with E-state index in [1.54, 1.807) is 0 Å². The Morgan fingerprint density at radius 3 is 2.71 bits per heavy atom. The highest BCUT2D eigenvalue weighted by molar-refractivity contribution is 9.10. The lowest BCUT2D eigenvalue weighted by molar-refractivity contribution is 0.0846. The summed E-state index contributed by atoms with van der Waals surface area (Å²) in [6.07, 6.45) is 0. The summed E-state index contributed by atoms with van der Waals surface area (Å²) in [6, 6.07) is 2.12. The van der Waals surface area contributed by atoms with Crippen LogP contribution >= 0.6 is 15.9 Å². The molecule has 0 N–H and O–H groups in total. The molecule has 0 amide bonds. The van der Waals surface area contributed by atoms with Crippen molar-refractivity contribution in [2.45, 2.75) is 0 Å². The number of halogens is 3. The molecule has 0 aliphatic rings. The first kappa shape index (κ1) is 11.3. The van der Waals surface area contributed by atoms with E-state index in [1.807, 2.05) is 0 Å². The topological polar surface area (TPSA) is 26.3 Å². The van der Waals surface area contributed by atoms with Gasteiger partial charge >= 0.3 is 0 Å². The highest BCUT2D eigenvalue weighted by Gasteiger charge is 2.16. The predicted molar refractivity (Wildman–Crippen MR) is 50.3 cm³/mol. The Bertz CT molecular complexity index is 366. The van der Waals surface area contributed by atoms with Gasteiger partial charge in [-0.05, 0) is 28.1 Å². The van der Waals surface area contributed by atoms with E-state index in [-0.39, 0.29) is 16.6 Å². The molecule has 1 aromatic carbocycles. The molecule has 76 valence electrons. The number of methoxy groups -OCH3 is 1. The second-order valence-electron chi connectivity index (χ2n) is 2.58. The summed E-state index contributed by atoms with van der Waals surface area (Å²) < 4.78 is 30.1. The summed E-state index contributed by atoms with van der Waals surface area (Å²) in [6.45, 7) is -0.163. The van der Waals surface area contributed by atoms with Crippen molar-refractivity contribution in [2.24, 2.45) is 0 Å². The molecule has 0 heterocycles. The van der Waals surface area contributed by atoms with Crippen LogP contribution in [0.3, 0.4) is 0 Å². The second kappa shape index (κ2) is 4.61. The quantitative estimate of drug-likeness (QED) is 0.620. The predicted octanol–water partition coefficient (Wildman–Crippen LogP) is 2.56. The number of benzene rings is 1. The van der Waals surface area contributed by atoms with Gasteiger partial charge in [0.15, 0.2) is 17.4 Å². The molecule has 0 atom stereocenters. The first-order chi connectivity index (χ1) is 6.57. The van der Waals surface area contributed by atoms with Crippen LogP contribution in [0.4, 0.5) is 8.78 Å². The average Bonchev–Trinajstić information content (AvgIpc) is 2.15. The van der Waals surface area contributed by atoms with E-state index < -0.39 is 17.4 Å². The maximum absolute atomic E-state index is 13.0. The third kappa shape index (κ3) is 2.16. The minimum atomic E-state index is -1.06. The first-order valence-electron chi connectivity index (χ1n) is 3.73. The zero-order valence-corrected chi connectivity index (χ0v) is 8.90. The van der Waals surface area contributed by atoms with E-state index in [0.29, 0.717) is 0 Å². The van der Waals surface area contributed by atoms with Crippen LogP contribution in [-0.2, 0) is 4.74 Å². The van der Waals surface area contributed by atoms with E-state index in [1.165, 1.54) is 13.2 Å². The van der Waals surface area contributed by atoms with Crippen molar-refractivity contribution >= 4 is 21.7 Å². The van der Waals surface area contributed by atoms with Crippen molar-refractivity contribution < 1.29 is 18.3 Å². The van der Waals surface area contributed by atoms with Gasteiger partial charge < -0.3 is 4.74 Å². The van der Waals surface area contributed by atoms with Crippen LogP contribution in [0.25, 0.3) is 0 Å². The number of carbonyl (C=O) groups excluding carboxylic acids is 1. The van der Waals surface area contributed by atoms with Crippen molar-refractivity contribution in [3.05, 3.63) is 33.8 Å². The lowest BCUT2D eigenvalue weighted by Gasteiger charge is -2.04. The molecular formula is C9H7BrF2O2. The van der Waals surface area contributed by atoms with Crippen LogP contribution in [0, 0.1) is 11.6 Å². The Kier molecular flexibility index (Phi) is 3.71. The SMILES string of the molecule is COCC(=O)c1ccc(F)c(F)c1Br. The van der Waals surface area contributed by atoms with Crippen LogP contribution in [-0.4, -0.2) is 19.5 Å². The summed E-state index contributed by atoms with van der Waals surface area (Å²) in [7, 11) is 1.35. The molecule has 0 unspecified atom stereocenters. The first-order valence-corrected chi connectivity index (χ1v) is 4.53. The molecule has 0 aliphatic carbocycles. The van der Waals surface area contributed by atoms with Gasteiger partial charge in [0.05, 0.1) is 4.47 Å². The molecule has 0 aliphatic heterocycles. The third-order valence-electron chi connectivity index (χ3n) is 1.61. The van der Waals surface area contributed by atoms with E-state index in [9.17, 15) is 13.6 Å². The van der Waals surface area contributed by atoms with Gasteiger partial charge in [0.2, 0.25) is 0 Å². The van der Waals surface area contributed by atoms with Crippen LogP contribution in [0.5, 0.6) is 0 Å². The summed E-state index contributed by atoms with van der Waals surface area (Å²) in [5.41, 5.74) is 0.0748. The number of hydrogen-bond donors (Lipinski definition) is 0. The highest BCUT2D eigenvalue weighted by Crippen LogP contribution is 2.23. The Hall–Kier alpha value is -0.810. The van der Waals surface area contributed by atoms with Crippen LogP contribution in [0.15, 0.2) is 16.6 Å². The van der Waals surface area contributed by atoms with Gasteiger partial charge in [-0.25, -0.2) is 8.78 Å². The Morgan fingerprint density at radius 1 is 1.50 bits per heavy atom. The van der Waals surface area contributed by atoms with Crippen molar-refractivity contribution in [1.29, 1.82) is 0 Å². The van der Waals surface area contributed by atoms with Gasteiger partial charge in [-0.1, -0.05) is 0 Å². The summed E-state index contributed by atoms with van der Waals surface area (Å²) >= 11 is 2.81. The molecule has 0 saturated carbocycles. The van der Waals surface area contributed by atoms with Crippen LogP contribution in [0.1, 0.15) is 10.4 Å². The fourth-order valence-corrected chi connectivity index (χ4v) is 1.49. The second-order valence-corrected chi connectivity index (χ2v) is 3.37. The number of ether oxygens (including phenoxy) is 1. The molecular weight excluding hydrogens is 258 g/mol. The molecule has 1 aromatic rings. The lowest BCUT2D eigenvalue weighted by Crippen LogP contribution is -2.09. The summed E-state index contributed by atoms with van der Waals surface area (Å²) in [5, 5.41) is 0. The number of carbonyl (C=O) groups is 1. The highest BCUT2D eigenvalue weighted by atomic mass is 79.9. The molecule has 0 radical (unpaired) electrons. The molecule has 0 spiro atoms. The molecule has 0 saturated heterocycles. The van der Waals surface area contributed by atoms with Gasteiger partial charge in [0.1, 0.15) is 6.61 Å². The maximum atomic E-state index is 13.0. The van der Waals surface area contributed by atoms with E-state index in [4.69, 9.17) is 0 Å². The molecule has 2 nitrogen and oxygen atoms in total. The minimum Gasteiger partial charge on any atom is -0.377 e. The van der Waals surface area contributed by atoms with Gasteiger partial charge in [0, 0.05) is 12.7 Å². The normalized spacial score (nSPS) is 10.3. The fraction of sp³-hybridized carbons (Fsp3) is 0.222. The van der Waals surface area contributed by atoms with Crippen molar-refractivity contribution in [3.63, 3.8) is 0 Å². The van der Waals surface area contributed by atoms with Crippen LogP contribution < -0.4 is 0 Å². The summed E-state index contributed by atoms with van der Waals surface area (Å²) in [5.74, 6) is -2.46. The number of rotatable bonds is 3.